The third-order valence-electron chi connectivity index (χ3n) is 4.90. The first-order valence-electron chi connectivity index (χ1n) is 10.8. The number of carbonyl (C=O) groups excluding carboxylic acids is 1. The molecule has 148 valence electrons. The van der Waals surface area contributed by atoms with E-state index in [4.69, 9.17) is 4.74 Å². The zero-order chi connectivity index (χ0) is 18.9. The molecule has 3 heteroatoms. The summed E-state index contributed by atoms with van der Waals surface area (Å²) < 4.78 is 5.80. The molecule has 1 atom stereocenters. The Hall–Kier alpha value is -1.38. The van der Waals surface area contributed by atoms with Gasteiger partial charge in [-0.05, 0) is 43.7 Å². The first-order chi connectivity index (χ1) is 12.8. The van der Waals surface area contributed by atoms with E-state index in [9.17, 15) is 4.79 Å². The van der Waals surface area contributed by atoms with Gasteiger partial charge < -0.3 is 4.74 Å². The van der Waals surface area contributed by atoms with Gasteiger partial charge in [-0.15, -0.1) is 0 Å². The van der Waals surface area contributed by atoms with Crippen LogP contribution in [0.1, 0.15) is 103 Å². The predicted octanol–water partition coefficient (Wildman–Crippen LogP) is 6.65. The monoisotopic (exact) mass is 361 g/mol. The van der Waals surface area contributed by atoms with E-state index in [0.717, 1.165) is 24.8 Å². The molecule has 0 spiro atoms. The fraction of sp³-hybridized carbons (Fsp3) is 0.739. The van der Waals surface area contributed by atoms with Crippen molar-refractivity contribution in [3.8, 4) is 0 Å². The molecule has 0 radical (unpaired) electrons. The minimum absolute atomic E-state index is 0.0571. The minimum Gasteiger partial charge on any atom is -0.462 e. The van der Waals surface area contributed by atoms with Crippen molar-refractivity contribution >= 4 is 5.97 Å². The summed E-state index contributed by atoms with van der Waals surface area (Å²) in [6.45, 7) is 4.47. The lowest BCUT2D eigenvalue weighted by Gasteiger charge is -2.18. The van der Waals surface area contributed by atoms with Crippen LogP contribution in [0, 0.1) is 0 Å². The van der Waals surface area contributed by atoms with Crippen LogP contribution in [0.25, 0.3) is 0 Å². The Balaban J connectivity index is 2.26. The molecule has 0 aliphatic carbocycles. The van der Waals surface area contributed by atoms with Crippen molar-refractivity contribution in [1.29, 1.82) is 0 Å². The molecule has 1 aromatic rings. The Morgan fingerprint density at radius 2 is 1.58 bits per heavy atom. The lowest BCUT2D eigenvalue weighted by atomic mass is 10.0. The van der Waals surface area contributed by atoms with E-state index in [1.165, 1.54) is 57.8 Å². The third kappa shape index (κ3) is 12.1. The molecule has 26 heavy (non-hydrogen) atoms. The maximum atomic E-state index is 12.2. The molecule has 1 unspecified atom stereocenters. The highest BCUT2D eigenvalue weighted by atomic mass is 16.5. The predicted molar refractivity (Wildman–Crippen MR) is 109 cm³/mol. The van der Waals surface area contributed by atoms with Crippen LogP contribution in [0.4, 0.5) is 0 Å². The van der Waals surface area contributed by atoms with Gasteiger partial charge in [0.25, 0.3) is 0 Å². The quantitative estimate of drug-likeness (QED) is 0.244. The van der Waals surface area contributed by atoms with Crippen LogP contribution in [0.2, 0.25) is 0 Å². The molecule has 0 saturated carbocycles. The Kier molecular flexibility index (Phi) is 13.8. The number of rotatable bonds is 16. The number of unbranched alkanes of at least 4 members (excludes halogenated alkanes) is 8. The van der Waals surface area contributed by atoms with Crippen molar-refractivity contribution in [1.82, 2.24) is 4.98 Å². The third-order valence-corrected chi connectivity index (χ3v) is 4.90. The van der Waals surface area contributed by atoms with Crippen LogP contribution < -0.4 is 0 Å². The van der Waals surface area contributed by atoms with Gasteiger partial charge in [0.2, 0.25) is 0 Å². The normalized spacial score (nSPS) is 12.1. The standard InChI is InChI=1S/C23H39NO2/c1-3-5-7-8-9-10-12-16-22(15-11-6-4-2)26-23(25)18-17-21-14-13-19-24-20-21/h13-14,19-20,22H,3-12,15-18H2,1-2H3. The van der Waals surface area contributed by atoms with Gasteiger partial charge in [0.15, 0.2) is 0 Å². The molecular formula is C23H39NO2. The molecule has 1 aromatic heterocycles. The Morgan fingerprint density at radius 3 is 2.23 bits per heavy atom. The summed E-state index contributed by atoms with van der Waals surface area (Å²) >= 11 is 0. The van der Waals surface area contributed by atoms with Crippen LogP contribution in [0.3, 0.4) is 0 Å². The van der Waals surface area contributed by atoms with E-state index in [0.29, 0.717) is 12.8 Å². The van der Waals surface area contributed by atoms with E-state index >= 15 is 0 Å². The molecule has 0 saturated heterocycles. The molecule has 0 aliphatic rings. The van der Waals surface area contributed by atoms with Crippen LogP contribution in [-0.4, -0.2) is 17.1 Å². The number of aryl methyl sites for hydroxylation is 1. The molecule has 3 nitrogen and oxygen atoms in total. The summed E-state index contributed by atoms with van der Waals surface area (Å²) in [6, 6.07) is 3.92. The Labute approximate surface area is 160 Å². The van der Waals surface area contributed by atoms with E-state index in [-0.39, 0.29) is 12.1 Å². The SMILES string of the molecule is CCCCCCCCCC(CCCCC)OC(=O)CCc1cccnc1. The van der Waals surface area contributed by atoms with Crippen molar-refractivity contribution in [3.63, 3.8) is 0 Å². The highest BCUT2D eigenvalue weighted by Gasteiger charge is 2.14. The number of hydrogen-bond donors (Lipinski definition) is 0. The summed E-state index contributed by atoms with van der Waals surface area (Å²) in [5.41, 5.74) is 1.10. The van der Waals surface area contributed by atoms with E-state index in [1.807, 2.05) is 18.3 Å². The first kappa shape index (κ1) is 22.7. The van der Waals surface area contributed by atoms with Crippen LogP contribution >= 0.6 is 0 Å². The molecule has 1 rings (SSSR count). The van der Waals surface area contributed by atoms with Crippen molar-refractivity contribution in [2.45, 2.75) is 110 Å². The van der Waals surface area contributed by atoms with E-state index < -0.39 is 0 Å². The molecule has 0 fully saturated rings. The van der Waals surface area contributed by atoms with Crippen LogP contribution in [0.15, 0.2) is 24.5 Å². The van der Waals surface area contributed by atoms with Gasteiger partial charge in [0, 0.05) is 18.8 Å². The summed E-state index contributed by atoms with van der Waals surface area (Å²) in [5.74, 6) is -0.0571. The largest absolute Gasteiger partial charge is 0.462 e. The number of hydrogen-bond acceptors (Lipinski definition) is 3. The van der Waals surface area contributed by atoms with Crippen molar-refractivity contribution in [2.75, 3.05) is 0 Å². The molecule has 0 aromatic carbocycles. The van der Waals surface area contributed by atoms with Crippen molar-refractivity contribution in [2.24, 2.45) is 0 Å². The van der Waals surface area contributed by atoms with Gasteiger partial charge in [0.1, 0.15) is 6.10 Å². The number of aromatic nitrogens is 1. The lowest BCUT2D eigenvalue weighted by Crippen LogP contribution is -2.19. The molecule has 0 aliphatic heterocycles. The maximum absolute atomic E-state index is 12.2. The second kappa shape index (κ2) is 15.8. The minimum atomic E-state index is -0.0571. The number of pyridine rings is 1. The molecular weight excluding hydrogens is 322 g/mol. The van der Waals surface area contributed by atoms with Gasteiger partial charge >= 0.3 is 5.97 Å². The fourth-order valence-electron chi connectivity index (χ4n) is 3.25. The molecule has 1 heterocycles. The van der Waals surface area contributed by atoms with Crippen LogP contribution in [-0.2, 0) is 16.0 Å². The second-order valence-electron chi connectivity index (χ2n) is 7.38. The number of nitrogens with zero attached hydrogens (tertiary/aromatic N) is 1. The highest BCUT2D eigenvalue weighted by molar-refractivity contribution is 5.69. The van der Waals surface area contributed by atoms with Crippen molar-refractivity contribution < 1.29 is 9.53 Å². The highest BCUT2D eigenvalue weighted by Crippen LogP contribution is 2.17. The topological polar surface area (TPSA) is 39.2 Å². The second-order valence-corrected chi connectivity index (χ2v) is 7.38. The Bertz CT molecular complexity index is 447. The molecule has 0 N–H and O–H groups in total. The van der Waals surface area contributed by atoms with Crippen LogP contribution in [0.5, 0.6) is 0 Å². The summed E-state index contributed by atoms with van der Waals surface area (Å²) in [7, 11) is 0. The van der Waals surface area contributed by atoms with Crippen molar-refractivity contribution in [3.05, 3.63) is 30.1 Å². The molecule has 0 bridgehead atoms. The van der Waals surface area contributed by atoms with Gasteiger partial charge in [-0.3, -0.25) is 9.78 Å². The first-order valence-corrected chi connectivity index (χ1v) is 10.8. The van der Waals surface area contributed by atoms with E-state index in [1.54, 1.807) is 6.20 Å². The van der Waals surface area contributed by atoms with E-state index in [2.05, 4.69) is 18.8 Å². The maximum Gasteiger partial charge on any atom is 0.306 e. The average Bonchev–Trinajstić information content (AvgIpc) is 2.66. The zero-order valence-electron chi connectivity index (χ0n) is 17.0. The number of esters is 1. The smallest absolute Gasteiger partial charge is 0.306 e. The summed E-state index contributed by atoms with van der Waals surface area (Å²) in [4.78, 5) is 16.3. The fourth-order valence-corrected chi connectivity index (χ4v) is 3.25. The summed E-state index contributed by atoms with van der Waals surface area (Å²) in [5, 5.41) is 0. The van der Waals surface area contributed by atoms with Gasteiger partial charge in [-0.1, -0.05) is 71.3 Å². The summed E-state index contributed by atoms with van der Waals surface area (Å²) in [6.07, 6.45) is 19.6. The average molecular weight is 362 g/mol. The molecule has 0 amide bonds. The number of ether oxygens (including phenoxy) is 1. The zero-order valence-corrected chi connectivity index (χ0v) is 17.0. The lowest BCUT2D eigenvalue weighted by molar-refractivity contribution is -0.149. The van der Waals surface area contributed by atoms with Gasteiger partial charge in [-0.2, -0.15) is 0 Å². The Morgan fingerprint density at radius 1 is 0.962 bits per heavy atom. The van der Waals surface area contributed by atoms with Gasteiger partial charge in [0.05, 0.1) is 0 Å². The number of carbonyl (C=O) groups is 1. The van der Waals surface area contributed by atoms with Gasteiger partial charge in [-0.25, -0.2) is 0 Å².